The SMILES string of the molecule is CC1(CNc2cccc(Cl)c2C(N)=S)CCCCC1. The average molecular weight is 297 g/mol. The molecule has 104 valence electrons. The van der Waals surface area contributed by atoms with Crippen LogP contribution < -0.4 is 11.1 Å². The van der Waals surface area contributed by atoms with Gasteiger partial charge in [0.1, 0.15) is 4.99 Å². The third kappa shape index (κ3) is 3.61. The second kappa shape index (κ2) is 6.10. The van der Waals surface area contributed by atoms with E-state index in [0.717, 1.165) is 17.8 Å². The van der Waals surface area contributed by atoms with E-state index < -0.39 is 0 Å². The van der Waals surface area contributed by atoms with Crippen molar-refractivity contribution in [1.29, 1.82) is 0 Å². The van der Waals surface area contributed by atoms with E-state index in [4.69, 9.17) is 29.6 Å². The maximum atomic E-state index is 6.17. The third-order valence-electron chi connectivity index (χ3n) is 4.03. The van der Waals surface area contributed by atoms with Gasteiger partial charge in [-0.15, -0.1) is 0 Å². The second-order valence-corrected chi connectivity index (χ2v) is 6.60. The molecule has 1 fully saturated rings. The molecule has 1 aliphatic rings. The number of nitrogens with one attached hydrogen (secondary N) is 1. The van der Waals surface area contributed by atoms with Crippen molar-refractivity contribution in [3.8, 4) is 0 Å². The summed E-state index contributed by atoms with van der Waals surface area (Å²) in [4.78, 5) is 0.349. The molecule has 1 saturated carbocycles. The molecule has 1 aromatic carbocycles. The number of hydrogen-bond donors (Lipinski definition) is 2. The van der Waals surface area contributed by atoms with Crippen molar-refractivity contribution in [2.45, 2.75) is 39.0 Å². The normalized spacial score (nSPS) is 18.0. The lowest BCUT2D eigenvalue weighted by Crippen LogP contribution is -2.29. The molecule has 0 bridgehead atoms. The summed E-state index contributed by atoms with van der Waals surface area (Å²) in [6.07, 6.45) is 6.59. The van der Waals surface area contributed by atoms with Gasteiger partial charge in [0.15, 0.2) is 0 Å². The van der Waals surface area contributed by atoms with Crippen LogP contribution in [0.15, 0.2) is 18.2 Å². The predicted molar refractivity (Wildman–Crippen MR) is 87.0 cm³/mol. The number of hydrogen-bond acceptors (Lipinski definition) is 2. The molecule has 0 radical (unpaired) electrons. The van der Waals surface area contributed by atoms with Crippen molar-refractivity contribution >= 4 is 34.5 Å². The molecule has 0 aliphatic heterocycles. The number of nitrogens with two attached hydrogens (primary N) is 1. The van der Waals surface area contributed by atoms with Crippen molar-refractivity contribution in [1.82, 2.24) is 0 Å². The lowest BCUT2D eigenvalue weighted by Gasteiger charge is -2.34. The molecule has 0 atom stereocenters. The first-order valence-electron chi connectivity index (χ1n) is 6.84. The van der Waals surface area contributed by atoms with Crippen LogP contribution in [0, 0.1) is 5.41 Å². The zero-order valence-electron chi connectivity index (χ0n) is 11.3. The first-order valence-corrected chi connectivity index (χ1v) is 7.63. The maximum absolute atomic E-state index is 6.17. The van der Waals surface area contributed by atoms with Crippen molar-refractivity contribution in [3.05, 3.63) is 28.8 Å². The molecular formula is C15H21ClN2S. The topological polar surface area (TPSA) is 38.0 Å². The zero-order chi connectivity index (χ0) is 13.9. The van der Waals surface area contributed by atoms with Gasteiger partial charge in [-0.2, -0.15) is 0 Å². The molecule has 0 heterocycles. The molecular weight excluding hydrogens is 276 g/mol. The zero-order valence-corrected chi connectivity index (χ0v) is 12.9. The Hall–Kier alpha value is -0.800. The number of benzene rings is 1. The van der Waals surface area contributed by atoms with Crippen LogP contribution >= 0.6 is 23.8 Å². The minimum absolute atomic E-state index is 0.349. The van der Waals surface area contributed by atoms with E-state index in [1.165, 1.54) is 32.1 Å². The van der Waals surface area contributed by atoms with Gasteiger partial charge in [0.2, 0.25) is 0 Å². The Labute approximate surface area is 125 Å². The lowest BCUT2D eigenvalue weighted by atomic mass is 9.75. The summed E-state index contributed by atoms with van der Waals surface area (Å²) < 4.78 is 0. The smallest absolute Gasteiger partial charge is 0.107 e. The Bertz CT molecular complexity index is 467. The molecule has 19 heavy (non-hydrogen) atoms. The average Bonchev–Trinajstić information content (AvgIpc) is 2.37. The van der Waals surface area contributed by atoms with E-state index in [-0.39, 0.29) is 0 Å². The van der Waals surface area contributed by atoms with Crippen LogP contribution in [0.1, 0.15) is 44.6 Å². The molecule has 0 spiro atoms. The minimum atomic E-state index is 0.349. The largest absolute Gasteiger partial charge is 0.389 e. The summed E-state index contributed by atoms with van der Waals surface area (Å²) in [5, 5.41) is 4.11. The van der Waals surface area contributed by atoms with Gasteiger partial charge >= 0.3 is 0 Å². The fourth-order valence-corrected chi connectivity index (χ4v) is 3.36. The fourth-order valence-electron chi connectivity index (χ4n) is 2.81. The number of anilines is 1. The Morgan fingerprint density at radius 2 is 2.05 bits per heavy atom. The molecule has 0 aromatic heterocycles. The van der Waals surface area contributed by atoms with Gasteiger partial charge in [-0.05, 0) is 30.4 Å². The highest BCUT2D eigenvalue weighted by molar-refractivity contribution is 7.80. The molecule has 2 nitrogen and oxygen atoms in total. The Morgan fingerprint density at radius 1 is 1.37 bits per heavy atom. The number of thiocarbonyl (C=S) groups is 1. The van der Waals surface area contributed by atoms with Gasteiger partial charge in [0, 0.05) is 12.2 Å². The van der Waals surface area contributed by atoms with Crippen LogP contribution in [0.5, 0.6) is 0 Å². The molecule has 0 saturated heterocycles. The van der Waals surface area contributed by atoms with Crippen molar-refractivity contribution in [2.75, 3.05) is 11.9 Å². The van der Waals surface area contributed by atoms with Gasteiger partial charge in [-0.1, -0.05) is 56.1 Å². The van der Waals surface area contributed by atoms with Gasteiger partial charge < -0.3 is 11.1 Å². The van der Waals surface area contributed by atoms with Crippen LogP contribution in [-0.2, 0) is 0 Å². The van der Waals surface area contributed by atoms with Crippen molar-refractivity contribution < 1.29 is 0 Å². The first-order chi connectivity index (χ1) is 9.02. The highest BCUT2D eigenvalue weighted by Crippen LogP contribution is 2.36. The Morgan fingerprint density at radius 3 is 2.68 bits per heavy atom. The highest BCUT2D eigenvalue weighted by atomic mass is 35.5. The van der Waals surface area contributed by atoms with Gasteiger partial charge in [0.05, 0.1) is 10.6 Å². The summed E-state index contributed by atoms with van der Waals surface area (Å²) in [6.45, 7) is 3.30. The molecule has 0 unspecified atom stereocenters. The van der Waals surface area contributed by atoms with Crippen LogP contribution in [0.25, 0.3) is 0 Å². The summed E-state index contributed by atoms with van der Waals surface area (Å²) >= 11 is 11.3. The molecule has 3 N–H and O–H groups in total. The van der Waals surface area contributed by atoms with E-state index in [1.807, 2.05) is 18.2 Å². The summed E-state index contributed by atoms with van der Waals surface area (Å²) in [5.74, 6) is 0. The van der Waals surface area contributed by atoms with Crippen LogP contribution in [-0.4, -0.2) is 11.5 Å². The first kappa shape index (κ1) is 14.6. The van der Waals surface area contributed by atoms with E-state index >= 15 is 0 Å². The summed E-state index contributed by atoms with van der Waals surface area (Å²) in [6, 6.07) is 5.74. The fraction of sp³-hybridized carbons (Fsp3) is 0.533. The molecule has 4 heteroatoms. The molecule has 2 rings (SSSR count). The highest BCUT2D eigenvalue weighted by Gasteiger charge is 2.26. The van der Waals surface area contributed by atoms with E-state index in [2.05, 4.69) is 12.2 Å². The van der Waals surface area contributed by atoms with E-state index in [9.17, 15) is 0 Å². The van der Waals surface area contributed by atoms with Crippen LogP contribution in [0.4, 0.5) is 5.69 Å². The Kier molecular flexibility index (Phi) is 4.69. The van der Waals surface area contributed by atoms with E-state index in [0.29, 0.717) is 15.4 Å². The van der Waals surface area contributed by atoms with Gasteiger partial charge in [-0.3, -0.25) is 0 Å². The molecule has 1 aromatic rings. The summed E-state index contributed by atoms with van der Waals surface area (Å²) in [7, 11) is 0. The van der Waals surface area contributed by atoms with Crippen LogP contribution in [0.3, 0.4) is 0 Å². The second-order valence-electron chi connectivity index (χ2n) is 5.75. The van der Waals surface area contributed by atoms with Crippen LogP contribution in [0.2, 0.25) is 5.02 Å². The van der Waals surface area contributed by atoms with Crippen molar-refractivity contribution in [3.63, 3.8) is 0 Å². The summed E-state index contributed by atoms with van der Waals surface area (Å²) in [5.41, 5.74) is 7.85. The minimum Gasteiger partial charge on any atom is -0.389 e. The molecule has 0 amide bonds. The quantitative estimate of drug-likeness (QED) is 0.811. The molecule has 1 aliphatic carbocycles. The monoisotopic (exact) mass is 296 g/mol. The van der Waals surface area contributed by atoms with E-state index in [1.54, 1.807) is 0 Å². The number of halogens is 1. The van der Waals surface area contributed by atoms with Crippen molar-refractivity contribution in [2.24, 2.45) is 11.1 Å². The lowest BCUT2D eigenvalue weighted by molar-refractivity contribution is 0.233. The maximum Gasteiger partial charge on any atom is 0.107 e. The third-order valence-corrected chi connectivity index (χ3v) is 4.55. The van der Waals surface area contributed by atoms with Gasteiger partial charge in [-0.25, -0.2) is 0 Å². The predicted octanol–water partition coefficient (Wildman–Crippen LogP) is 4.36. The standard InChI is InChI=1S/C15H21ClN2S/c1-15(8-3-2-4-9-15)10-18-12-7-5-6-11(16)13(12)14(17)19/h5-7,18H,2-4,8-10H2,1H3,(H2,17,19). The Balaban J connectivity index is 2.11. The number of rotatable bonds is 4. The van der Waals surface area contributed by atoms with Gasteiger partial charge in [0.25, 0.3) is 0 Å².